The van der Waals surface area contributed by atoms with E-state index in [1.165, 1.54) is 23.2 Å². The van der Waals surface area contributed by atoms with E-state index in [9.17, 15) is 4.79 Å². The molecule has 0 amide bonds. The standard InChI is InChI=1S/C15H20OP/c1-13-8-10-17(12-13,11-9-14(2)16)15-6-4-3-5-7-15/h3-8H,9-12H2,1-2H3/q+1. The molecule has 90 valence electrons. The fraction of sp³-hybridized carbons (Fsp3) is 0.400. The molecule has 0 spiro atoms. The Morgan fingerprint density at radius 2 is 2.00 bits per heavy atom. The lowest BCUT2D eigenvalue weighted by atomic mass is 10.3. The highest BCUT2D eigenvalue weighted by Crippen LogP contribution is 2.62. The Hall–Kier alpha value is -0.940. The Morgan fingerprint density at radius 1 is 1.29 bits per heavy atom. The highest BCUT2D eigenvalue weighted by atomic mass is 31.2. The van der Waals surface area contributed by atoms with Crippen LogP contribution < -0.4 is 5.30 Å². The molecule has 0 saturated carbocycles. The molecule has 0 fully saturated rings. The van der Waals surface area contributed by atoms with Crippen LogP contribution in [0.25, 0.3) is 0 Å². The normalized spacial score (nSPS) is 23.5. The third-order valence-corrected chi connectivity index (χ3v) is 8.00. The maximum atomic E-state index is 11.3. The molecule has 1 unspecified atom stereocenters. The van der Waals surface area contributed by atoms with E-state index < -0.39 is 7.26 Å². The molecule has 0 aromatic heterocycles. The van der Waals surface area contributed by atoms with Crippen LogP contribution in [0.1, 0.15) is 20.3 Å². The van der Waals surface area contributed by atoms with Gasteiger partial charge in [0, 0.05) is 6.42 Å². The number of carbonyl (C=O) groups excluding carboxylic acids is 1. The van der Waals surface area contributed by atoms with Gasteiger partial charge in [0.15, 0.2) is 0 Å². The maximum Gasteiger partial charge on any atom is 0.133 e. The van der Waals surface area contributed by atoms with E-state index >= 15 is 0 Å². The minimum absolute atomic E-state index is 0.324. The molecule has 1 aliphatic heterocycles. The molecule has 0 radical (unpaired) electrons. The minimum atomic E-state index is -1.12. The van der Waals surface area contributed by atoms with Crippen LogP contribution in [0.4, 0.5) is 0 Å². The summed E-state index contributed by atoms with van der Waals surface area (Å²) in [4.78, 5) is 11.3. The van der Waals surface area contributed by atoms with Crippen molar-refractivity contribution in [2.24, 2.45) is 0 Å². The summed E-state index contributed by atoms with van der Waals surface area (Å²) >= 11 is 0. The Balaban J connectivity index is 2.23. The zero-order chi connectivity index (χ0) is 12.3. The summed E-state index contributed by atoms with van der Waals surface area (Å²) in [5, 5.41) is 1.49. The molecule has 0 bridgehead atoms. The number of carbonyl (C=O) groups is 1. The van der Waals surface area contributed by atoms with E-state index in [-0.39, 0.29) is 0 Å². The van der Waals surface area contributed by atoms with Crippen molar-refractivity contribution in [2.45, 2.75) is 20.3 Å². The molecule has 1 aromatic rings. The van der Waals surface area contributed by atoms with Gasteiger partial charge in [-0.3, -0.25) is 4.79 Å². The van der Waals surface area contributed by atoms with Gasteiger partial charge in [-0.2, -0.15) is 0 Å². The van der Waals surface area contributed by atoms with Crippen LogP contribution in [0, 0.1) is 0 Å². The summed E-state index contributed by atoms with van der Waals surface area (Å²) in [6.45, 7) is 3.93. The van der Waals surface area contributed by atoms with Crippen molar-refractivity contribution in [2.75, 3.05) is 18.5 Å². The SMILES string of the molecule is CC(=O)CC[P+]1(c2ccccc2)CC=C(C)C1. The third-order valence-electron chi connectivity index (χ3n) is 3.54. The lowest BCUT2D eigenvalue weighted by Crippen LogP contribution is -2.18. The van der Waals surface area contributed by atoms with Gasteiger partial charge < -0.3 is 0 Å². The van der Waals surface area contributed by atoms with Crippen molar-refractivity contribution >= 4 is 18.4 Å². The largest absolute Gasteiger partial charge is 0.300 e. The number of rotatable bonds is 4. The molecule has 2 heteroatoms. The summed E-state index contributed by atoms with van der Waals surface area (Å²) in [5.74, 6) is 0.324. The second-order valence-electron chi connectivity index (χ2n) is 5.05. The van der Waals surface area contributed by atoms with Crippen molar-refractivity contribution in [3.8, 4) is 0 Å². The molecule has 1 nitrogen and oxygen atoms in total. The Bertz CT molecular complexity index is 435. The second-order valence-corrected chi connectivity index (χ2v) is 8.98. The number of hydrogen-bond donors (Lipinski definition) is 0. The fourth-order valence-corrected chi connectivity index (χ4v) is 6.96. The third kappa shape index (κ3) is 2.84. The van der Waals surface area contributed by atoms with E-state index in [1.807, 2.05) is 0 Å². The van der Waals surface area contributed by atoms with Gasteiger partial charge in [0.05, 0.1) is 31.1 Å². The van der Waals surface area contributed by atoms with E-state index in [0.717, 1.165) is 12.6 Å². The first-order valence-corrected chi connectivity index (χ1v) is 8.54. The van der Waals surface area contributed by atoms with Crippen molar-refractivity contribution in [3.05, 3.63) is 42.0 Å². The Kier molecular flexibility index (Phi) is 3.79. The smallest absolute Gasteiger partial charge is 0.133 e. The van der Waals surface area contributed by atoms with Gasteiger partial charge >= 0.3 is 0 Å². The van der Waals surface area contributed by atoms with Crippen LogP contribution in [-0.2, 0) is 4.79 Å². The zero-order valence-electron chi connectivity index (χ0n) is 10.6. The van der Waals surface area contributed by atoms with Crippen LogP contribution in [0.15, 0.2) is 42.0 Å². The molecular weight excluding hydrogens is 227 g/mol. The first kappa shape index (κ1) is 12.5. The van der Waals surface area contributed by atoms with Gasteiger partial charge in [0.2, 0.25) is 0 Å². The summed E-state index contributed by atoms with van der Waals surface area (Å²) in [5.41, 5.74) is 1.51. The lowest BCUT2D eigenvalue weighted by molar-refractivity contribution is -0.116. The monoisotopic (exact) mass is 247 g/mol. The predicted octanol–water partition coefficient (Wildman–Crippen LogP) is 3.27. The molecule has 0 aliphatic carbocycles. The quantitative estimate of drug-likeness (QED) is 0.589. The van der Waals surface area contributed by atoms with Crippen LogP contribution >= 0.6 is 7.26 Å². The Morgan fingerprint density at radius 3 is 2.53 bits per heavy atom. The predicted molar refractivity (Wildman–Crippen MR) is 76.7 cm³/mol. The number of allylic oxidation sites excluding steroid dienone is 2. The van der Waals surface area contributed by atoms with Gasteiger partial charge in [-0.1, -0.05) is 18.2 Å². The van der Waals surface area contributed by atoms with Crippen LogP contribution in [0.2, 0.25) is 0 Å². The van der Waals surface area contributed by atoms with E-state index in [0.29, 0.717) is 5.78 Å². The molecule has 1 aromatic carbocycles. The van der Waals surface area contributed by atoms with Crippen molar-refractivity contribution in [3.63, 3.8) is 0 Å². The van der Waals surface area contributed by atoms with Gasteiger partial charge in [0.25, 0.3) is 0 Å². The van der Waals surface area contributed by atoms with Gasteiger partial charge in [-0.15, -0.1) is 0 Å². The van der Waals surface area contributed by atoms with Crippen molar-refractivity contribution in [1.82, 2.24) is 0 Å². The van der Waals surface area contributed by atoms with Crippen molar-refractivity contribution < 1.29 is 4.79 Å². The summed E-state index contributed by atoms with van der Waals surface area (Å²) in [7, 11) is -1.12. The van der Waals surface area contributed by atoms with E-state index in [2.05, 4.69) is 43.3 Å². The average molecular weight is 247 g/mol. The fourth-order valence-electron chi connectivity index (χ4n) is 2.55. The molecule has 1 heterocycles. The number of benzene rings is 1. The molecule has 0 saturated heterocycles. The van der Waals surface area contributed by atoms with Crippen LogP contribution in [-0.4, -0.2) is 24.3 Å². The van der Waals surface area contributed by atoms with Gasteiger partial charge in [0.1, 0.15) is 5.78 Å². The zero-order valence-corrected chi connectivity index (χ0v) is 11.5. The van der Waals surface area contributed by atoms with E-state index in [4.69, 9.17) is 0 Å². The maximum absolute atomic E-state index is 11.3. The molecule has 1 aliphatic rings. The highest BCUT2D eigenvalue weighted by Gasteiger charge is 2.42. The highest BCUT2D eigenvalue weighted by molar-refractivity contribution is 7.83. The second kappa shape index (κ2) is 5.14. The van der Waals surface area contributed by atoms with Crippen LogP contribution in [0.3, 0.4) is 0 Å². The van der Waals surface area contributed by atoms with Crippen molar-refractivity contribution in [1.29, 1.82) is 0 Å². The first-order chi connectivity index (χ1) is 8.12. The molecule has 0 N–H and O–H groups in total. The summed E-state index contributed by atoms with van der Waals surface area (Å²) < 4.78 is 0. The number of ketones is 1. The summed E-state index contributed by atoms with van der Waals surface area (Å²) in [6.07, 6.45) is 6.60. The molecular formula is C15H20OP+. The molecule has 1 atom stereocenters. The Labute approximate surface area is 104 Å². The topological polar surface area (TPSA) is 17.1 Å². The summed E-state index contributed by atoms with van der Waals surface area (Å²) in [6, 6.07) is 10.8. The first-order valence-electron chi connectivity index (χ1n) is 6.19. The van der Waals surface area contributed by atoms with Gasteiger partial charge in [-0.25, -0.2) is 0 Å². The molecule has 2 rings (SSSR count). The average Bonchev–Trinajstić information content (AvgIpc) is 2.71. The van der Waals surface area contributed by atoms with Crippen LogP contribution in [0.5, 0.6) is 0 Å². The molecule has 17 heavy (non-hydrogen) atoms. The number of Topliss-reactive ketones (excluding diaryl/α,β-unsaturated/α-hetero) is 1. The van der Waals surface area contributed by atoms with E-state index in [1.54, 1.807) is 6.92 Å². The minimum Gasteiger partial charge on any atom is -0.300 e. The van der Waals surface area contributed by atoms with Gasteiger partial charge in [-0.05, 0) is 37.6 Å². The lowest BCUT2D eigenvalue weighted by Gasteiger charge is -2.22. The number of hydrogen-bond acceptors (Lipinski definition) is 1.